The largest absolute Gasteiger partial charge is 0.444 e. The third kappa shape index (κ3) is 8.68. The molecule has 26 heavy (non-hydrogen) atoms. The molecule has 0 bridgehead atoms. The minimum absolute atomic E-state index is 0.425. The van der Waals surface area contributed by atoms with E-state index < -0.39 is 11.7 Å². The lowest BCUT2D eigenvalue weighted by molar-refractivity contribution is 0.0529. The number of carbonyl (C=O) groups excluding carboxylic acids is 1. The number of aromatic nitrogens is 3. The fourth-order valence-corrected chi connectivity index (χ4v) is 1.96. The van der Waals surface area contributed by atoms with Gasteiger partial charge in [0.05, 0.1) is 0 Å². The predicted molar refractivity (Wildman–Crippen MR) is 102 cm³/mol. The second kappa shape index (κ2) is 10.6. The summed E-state index contributed by atoms with van der Waals surface area (Å²) in [5.41, 5.74) is -0.500. The summed E-state index contributed by atoms with van der Waals surface area (Å²) in [5.74, 6) is 2.33. The molecule has 148 valence electrons. The highest BCUT2D eigenvalue weighted by Gasteiger charge is 2.15. The number of ether oxygens (including phenoxy) is 1. The highest BCUT2D eigenvalue weighted by Crippen LogP contribution is 2.06. The highest BCUT2D eigenvalue weighted by molar-refractivity contribution is 5.79. The van der Waals surface area contributed by atoms with Crippen molar-refractivity contribution < 1.29 is 9.53 Å². The molecule has 1 aromatic heterocycles. The Morgan fingerprint density at radius 3 is 2.38 bits per heavy atom. The molecule has 0 aliphatic carbocycles. The Morgan fingerprint density at radius 1 is 1.15 bits per heavy atom. The van der Waals surface area contributed by atoms with Crippen LogP contribution in [0, 0.1) is 6.92 Å². The van der Waals surface area contributed by atoms with Crippen LogP contribution in [0.15, 0.2) is 4.99 Å². The van der Waals surface area contributed by atoms with Gasteiger partial charge in [-0.05, 0) is 34.1 Å². The number of rotatable bonds is 8. The molecule has 3 N–H and O–H groups in total. The zero-order valence-electron chi connectivity index (χ0n) is 16.8. The van der Waals surface area contributed by atoms with Gasteiger partial charge in [0, 0.05) is 26.7 Å². The molecule has 0 fully saturated rings. The molecule has 0 spiro atoms. The molecule has 0 saturated carbocycles. The Bertz CT molecular complexity index is 590. The van der Waals surface area contributed by atoms with Crippen molar-refractivity contribution in [3.63, 3.8) is 0 Å². The Labute approximate surface area is 156 Å². The summed E-state index contributed by atoms with van der Waals surface area (Å²) in [4.78, 5) is 16.2. The fraction of sp³-hybridized carbons (Fsp3) is 0.765. The molecule has 0 aliphatic rings. The van der Waals surface area contributed by atoms with Crippen LogP contribution in [-0.4, -0.2) is 52.1 Å². The Balaban J connectivity index is 2.48. The molecule has 1 heterocycles. The number of unbranched alkanes of at least 4 members (excludes halogenated alkanes) is 1. The lowest BCUT2D eigenvalue weighted by Gasteiger charge is -2.20. The van der Waals surface area contributed by atoms with Crippen molar-refractivity contribution in [2.75, 3.05) is 19.6 Å². The molecule has 1 aromatic rings. The zero-order chi connectivity index (χ0) is 19.6. The molecule has 0 saturated heterocycles. The second-order valence-corrected chi connectivity index (χ2v) is 7.02. The van der Waals surface area contributed by atoms with Gasteiger partial charge in [-0.25, -0.2) is 9.79 Å². The van der Waals surface area contributed by atoms with Crippen LogP contribution in [0.5, 0.6) is 0 Å². The van der Waals surface area contributed by atoms with E-state index in [1.807, 2.05) is 39.3 Å². The van der Waals surface area contributed by atoms with Gasteiger partial charge in [-0.15, -0.1) is 10.2 Å². The van der Waals surface area contributed by atoms with Crippen LogP contribution in [0.25, 0.3) is 0 Å². The van der Waals surface area contributed by atoms with Gasteiger partial charge in [0.2, 0.25) is 0 Å². The molecule has 0 aliphatic heterocycles. The van der Waals surface area contributed by atoms with Crippen LogP contribution in [0.3, 0.4) is 0 Å². The van der Waals surface area contributed by atoms with Crippen molar-refractivity contribution in [1.29, 1.82) is 0 Å². The number of nitrogens with one attached hydrogen (secondary N) is 3. The summed E-state index contributed by atoms with van der Waals surface area (Å²) in [5, 5.41) is 17.3. The van der Waals surface area contributed by atoms with E-state index in [1.54, 1.807) is 0 Å². The minimum atomic E-state index is -0.500. The van der Waals surface area contributed by atoms with Gasteiger partial charge in [0.15, 0.2) is 11.8 Å². The van der Waals surface area contributed by atoms with Crippen molar-refractivity contribution in [3.8, 4) is 0 Å². The van der Waals surface area contributed by atoms with E-state index in [-0.39, 0.29) is 0 Å². The fourth-order valence-electron chi connectivity index (χ4n) is 1.96. The van der Waals surface area contributed by atoms with E-state index in [0.29, 0.717) is 25.6 Å². The van der Waals surface area contributed by atoms with Crippen LogP contribution in [0.2, 0.25) is 0 Å². The van der Waals surface area contributed by atoms with Crippen molar-refractivity contribution in [1.82, 2.24) is 30.7 Å². The SMILES string of the molecule is CCCCNC(=NCc1nnc(C)n1C)NCCNC(=O)OC(C)(C)C. The number of aliphatic imine (C=N–C) groups is 1. The first-order valence-corrected chi connectivity index (χ1v) is 9.07. The Kier molecular flexibility index (Phi) is 8.87. The van der Waals surface area contributed by atoms with E-state index in [0.717, 1.165) is 31.0 Å². The van der Waals surface area contributed by atoms with Crippen LogP contribution in [-0.2, 0) is 18.3 Å². The van der Waals surface area contributed by atoms with E-state index in [4.69, 9.17) is 4.74 Å². The molecule has 9 nitrogen and oxygen atoms in total. The molecule has 1 amide bonds. The van der Waals surface area contributed by atoms with Gasteiger partial charge < -0.3 is 25.3 Å². The van der Waals surface area contributed by atoms with Crippen molar-refractivity contribution in [3.05, 3.63) is 11.6 Å². The molecule has 1 rings (SSSR count). The van der Waals surface area contributed by atoms with Crippen LogP contribution in [0.1, 0.15) is 52.2 Å². The summed E-state index contributed by atoms with van der Waals surface area (Å²) >= 11 is 0. The quantitative estimate of drug-likeness (QED) is 0.365. The maximum atomic E-state index is 11.6. The molecule has 9 heteroatoms. The third-order valence-corrected chi connectivity index (χ3v) is 3.47. The van der Waals surface area contributed by atoms with Crippen LogP contribution < -0.4 is 16.0 Å². The number of guanidine groups is 1. The van der Waals surface area contributed by atoms with Gasteiger partial charge in [-0.3, -0.25) is 0 Å². The summed E-state index contributed by atoms with van der Waals surface area (Å²) < 4.78 is 7.12. The van der Waals surface area contributed by atoms with Gasteiger partial charge in [0.1, 0.15) is 18.0 Å². The van der Waals surface area contributed by atoms with E-state index in [1.165, 1.54) is 0 Å². The van der Waals surface area contributed by atoms with Gasteiger partial charge in [-0.1, -0.05) is 13.3 Å². The second-order valence-electron chi connectivity index (χ2n) is 7.02. The first kappa shape index (κ1) is 21.7. The molecule has 0 radical (unpaired) electrons. The smallest absolute Gasteiger partial charge is 0.407 e. The highest BCUT2D eigenvalue weighted by atomic mass is 16.6. The monoisotopic (exact) mass is 367 g/mol. The summed E-state index contributed by atoms with van der Waals surface area (Å²) in [7, 11) is 1.92. The standard InChI is InChI=1S/C17H33N7O2/c1-7-8-9-18-15(21-12-14-23-22-13(2)24(14)6)19-10-11-20-16(25)26-17(3,4)5/h7-12H2,1-6H3,(H,20,25)(H2,18,19,21). The van der Waals surface area contributed by atoms with E-state index in [2.05, 4.69) is 38.1 Å². The molecule has 0 unspecified atom stereocenters. The van der Waals surface area contributed by atoms with Gasteiger partial charge in [0.25, 0.3) is 0 Å². The normalized spacial score (nSPS) is 12.0. The van der Waals surface area contributed by atoms with Gasteiger partial charge in [-0.2, -0.15) is 0 Å². The van der Waals surface area contributed by atoms with E-state index in [9.17, 15) is 4.79 Å². The molecule has 0 atom stereocenters. The molecular formula is C17H33N7O2. The summed E-state index contributed by atoms with van der Waals surface area (Å²) in [6.45, 7) is 11.8. The first-order valence-electron chi connectivity index (χ1n) is 9.07. The van der Waals surface area contributed by atoms with Crippen molar-refractivity contribution in [2.45, 2.75) is 59.6 Å². The summed E-state index contributed by atoms with van der Waals surface area (Å²) in [6.07, 6.45) is 1.73. The zero-order valence-corrected chi connectivity index (χ0v) is 16.8. The number of nitrogens with zero attached hydrogens (tertiary/aromatic N) is 4. The topological polar surface area (TPSA) is 105 Å². The number of amides is 1. The van der Waals surface area contributed by atoms with Crippen LogP contribution in [0.4, 0.5) is 4.79 Å². The number of carbonyl (C=O) groups is 1. The lowest BCUT2D eigenvalue weighted by Crippen LogP contribution is -2.42. The average molecular weight is 367 g/mol. The lowest BCUT2D eigenvalue weighted by atomic mass is 10.2. The predicted octanol–water partition coefficient (Wildman–Crippen LogP) is 1.48. The van der Waals surface area contributed by atoms with Crippen molar-refractivity contribution >= 4 is 12.1 Å². The first-order chi connectivity index (χ1) is 12.2. The Morgan fingerprint density at radius 2 is 1.81 bits per heavy atom. The van der Waals surface area contributed by atoms with Crippen LogP contribution >= 0.6 is 0 Å². The molecular weight excluding hydrogens is 334 g/mol. The average Bonchev–Trinajstić information content (AvgIpc) is 2.86. The number of aryl methyl sites for hydroxylation is 1. The number of hydrogen-bond donors (Lipinski definition) is 3. The number of hydrogen-bond acceptors (Lipinski definition) is 5. The Hall–Kier alpha value is -2.32. The van der Waals surface area contributed by atoms with E-state index >= 15 is 0 Å². The maximum Gasteiger partial charge on any atom is 0.407 e. The number of alkyl carbamates (subject to hydrolysis) is 1. The maximum absolute atomic E-state index is 11.6. The minimum Gasteiger partial charge on any atom is -0.444 e. The third-order valence-electron chi connectivity index (χ3n) is 3.47. The van der Waals surface area contributed by atoms with Gasteiger partial charge >= 0.3 is 6.09 Å². The molecule has 0 aromatic carbocycles. The van der Waals surface area contributed by atoms with Crippen molar-refractivity contribution in [2.24, 2.45) is 12.0 Å². The summed E-state index contributed by atoms with van der Waals surface area (Å²) in [6, 6.07) is 0.